The molecule has 0 saturated heterocycles. The van der Waals surface area contributed by atoms with Crippen LogP contribution in [0.2, 0.25) is 0 Å². The van der Waals surface area contributed by atoms with Crippen LogP contribution in [0.25, 0.3) is 22.2 Å². The van der Waals surface area contributed by atoms with E-state index in [2.05, 4.69) is 34.8 Å². The zero-order valence-corrected chi connectivity index (χ0v) is 17.7. The number of aromatic hydroxyl groups is 1. The topological polar surface area (TPSA) is 107 Å². The maximum atomic E-state index is 12.4. The summed E-state index contributed by atoms with van der Waals surface area (Å²) in [5.74, 6) is -1.94. The van der Waals surface area contributed by atoms with Crippen molar-refractivity contribution in [2.45, 2.75) is 52.1 Å². The molecule has 2 aromatic heterocycles. The van der Waals surface area contributed by atoms with E-state index in [0.29, 0.717) is 17.3 Å². The van der Waals surface area contributed by atoms with Gasteiger partial charge in [-0.3, -0.25) is 4.79 Å². The average Bonchev–Trinajstić information content (AvgIpc) is 2.91. The zero-order valence-electron chi connectivity index (χ0n) is 17.7. The van der Waals surface area contributed by atoms with E-state index in [1.54, 1.807) is 0 Å². The third-order valence-electron chi connectivity index (χ3n) is 6.16. The van der Waals surface area contributed by atoms with Crippen molar-refractivity contribution in [2.24, 2.45) is 7.05 Å². The summed E-state index contributed by atoms with van der Waals surface area (Å²) < 4.78 is 2.17. The summed E-state index contributed by atoms with van der Waals surface area (Å²) in [5.41, 5.74) is 3.89. The quantitative estimate of drug-likeness (QED) is 0.528. The number of carboxylic acids is 1. The number of benzene rings is 1. The lowest BCUT2D eigenvalue weighted by atomic mass is 9.93. The molecule has 3 aromatic rings. The number of aryl methyl sites for hydroxylation is 2. The van der Waals surface area contributed by atoms with Gasteiger partial charge < -0.3 is 25.1 Å². The molecule has 0 spiro atoms. The van der Waals surface area contributed by atoms with Gasteiger partial charge >= 0.3 is 5.97 Å². The van der Waals surface area contributed by atoms with Crippen molar-refractivity contribution < 1.29 is 15.0 Å². The first-order chi connectivity index (χ1) is 14.2. The molecule has 7 heteroatoms. The Kier molecular flexibility index (Phi) is 4.94. The number of pyridine rings is 1. The smallest absolute Gasteiger partial charge is 0.345 e. The maximum Gasteiger partial charge on any atom is 0.345 e. The Balaban J connectivity index is 1.96. The van der Waals surface area contributed by atoms with Gasteiger partial charge in [-0.25, -0.2) is 4.79 Å². The summed E-state index contributed by atoms with van der Waals surface area (Å²) in [6.07, 6.45) is 1.51. The standard InChI is InChI=1S/C23H27N3O4/c1-11(2)24-10-13-9-16-14-6-5-12(3)18-20(15(14)7-8-17(16)26(13)4)25-22(28)19(21(18)27)23(29)30/h7-9,11-12,24H,5-6,10H2,1-4H3,(H,29,30)(H2,25,27,28). The predicted octanol–water partition coefficient (Wildman–Crippen LogP) is 3.49. The number of hydrogen-bond donors (Lipinski definition) is 4. The van der Waals surface area contributed by atoms with Gasteiger partial charge in [0.25, 0.3) is 5.56 Å². The number of nitrogens with zero attached hydrogens (tertiary/aromatic N) is 1. The highest BCUT2D eigenvalue weighted by atomic mass is 16.4. The predicted molar refractivity (Wildman–Crippen MR) is 116 cm³/mol. The molecule has 2 heterocycles. The lowest BCUT2D eigenvalue weighted by molar-refractivity contribution is 0.0691. The lowest BCUT2D eigenvalue weighted by Crippen LogP contribution is -2.22. The van der Waals surface area contributed by atoms with Crippen LogP contribution >= 0.6 is 0 Å². The third-order valence-corrected chi connectivity index (χ3v) is 6.16. The van der Waals surface area contributed by atoms with E-state index in [0.717, 1.165) is 41.4 Å². The van der Waals surface area contributed by atoms with Crippen LogP contribution < -0.4 is 10.9 Å². The summed E-state index contributed by atoms with van der Waals surface area (Å²) in [5, 5.41) is 24.6. The Hall–Kier alpha value is -3.06. The van der Waals surface area contributed by atoms with Crippen LogP contribution in [0.4, 0.5) is 0 Å². The highest BCUT2D eigenvalue weighted by Gasteiger charge is 2.29. The number of aromatic nitrogens is 2. The van der Waals surface area contributed by atoms with Crippen LogP contribution in [0.3, 0.4) is 0 Å². The summed E-state index contributed by atoms with van der Waals surface area (Å²) >= 11 is 0. The molecule has 0 fully saturated rings. The minimum atomic E-state index is -1.42. The molecular weight excluding hydrogens is 382 g/mol. The molecule has 0 bridgehead atoms. The summed E-state index contributed by atoms with van der Waals surface area (Å²) in [4.78, 5) is 26.7. The highest BCUT2D eigenvalue weighted by molar-refractivity contribution is 5.95. The SMILES string of the molecule is CC(C)NCc1cc2c3c(ccc2n1C)-c1[nH]c(=O)c(C(=O)O)c(O)c1C(C)CC3. The number of carboxylic acid groups (broad SMARTS) is 1. The van der Waals surface area contributed by atoms with E-state index < -0.39 is 22.8 Å². The van der Waals surface area contributed by atoms with Crippen LogP contribution in [0.5, 0.6) is 5.75 Å². The van der Waals surface area contributed by atoms with Gasteiger partial charge in [0, 0.05) is 47.4 Å². The maximum absolute atomic E-state index is 12.4. The largest absolute Gasteiger partial charge is 0.506 e. The molecular formula is C23H27N3O4. The Morgan fingerprint density at radius 3 is 2.77 bits per heavy atom. The molecule has 0 saturated carbocycles. The van der Waals surface area contributed by atoms with Gasteiger partial charge in [-0.15, -0.1) is 0 Å². The van der Waals surface area contributed by atoms with Crippen LogP contribution in [-0.2, 0) is 20.0 Å². The van der Waals surface area contributed by atoms with Gasteiger partial charge in [0.2, 0.25) is 0 Å². The zero-order chi connectivity index (χ0) is 21.7. The van der Waals surface area contributed by atoms with Crippen molar-refractivity contribution in [3.05, 3.63) is 50.9 Å². The fourth-order valence-corrected chi connectivity index (χ4v) is 4.51. The van der Waals surface area contributed by atoms with Gasteiger partial charge in [0.05, 0.1) is 5.69 Å². The fourth-order valence-electron chi connectivity index (χ4n) is 4.51. The third kappa shape index (κ3) is 3.10. The number of nitrogens with one attached hydrogen (secondary N) is 2. The Morgan fingerprint density at radius 1 is 1.37 bits per heavy atom. The molecule has 1 aromatic carbocycles. The van der Waals surface area contributed by atoms with Crippen molar-refractivity contribution in [3.63, 3.8) is 0 Å². The molecule has 4 rings (SSSR count). The minimum Gasteiger partial charge on any atom is -0.506 e. The molecule has 1 aliphatic carbocycles. The molecule has 4 N–H and O–H groups in total. The van der Waals surface area contributed by atoms with E-state index in [9.17, 15) is 19.8 Å². The van der Waals surface area contributed by atoms with Crippen molar-refractivity contribution in [3.8, 4) is 17.0 Å². The number of carbonyl (C=O) groups is 1. The minimum absolute atomic E-state index is 0.0943. The lowest BCUT2D eigenvalue weighted by Gasteiger charge is -2.16. The van der Waals surface area contributed by atoms with E-state index >= 15 is 0 Å². The van der Waals surface area contributed by atoms with Gasteiger partial charge in [-0.05, 0) is 36.5 Å². The summed E-state index contributed by atoms with van der Waals surface area (Å²) in [6.45, 7) is 6.93. The van der Waals surface area contributed by atoms with E-state index in [-0.39, 0.29) is 5.92 Å². The molecule has 0 amide bonds. The molecule has 1 atom stereocenters. The van der Waals surface area contributed by atoms with Crippen LogP contribution in [-0.4, -0.2) is 31.8 Å². The fraction of sp³-hybridized carbons (Fsp3) is 0.391. The first-order valence-electron chi connectivity index (χ1n) is 10.3. The highest BCUT2D eigenvalue weighted by Crippen LogP contribution is 2.43. The average molecular weight is 409 g/mol. The Labute approximate surface area is 174 Å². The second-order valence-electron chi connectivity index (χ2n) is 8.47. The Morgan fingerprint density at radius 2 is 2.10 bits per heavy atom. The molecule has 30 heavy (non-hydrogen) atoms. The molecule has 0 radical (unpaired) electrons. The number of aromatic carboxylic acids is 1. The van der Waals surface area contributed by atoms with Crippen molar-refractivity contribution in [1.29, 1.82) is 0 Å². The normalized spacial score (nSPS) is 15.8. The number of rotatable bonds is 4. The monoisotopic (exact) mass is 409 g/mol. The number of aromatic amines is 1. The Bertz CT molecular complexity index is 1220. The van der Waals surface area contributed by atoms with Crippen LogP contribution in [0, 0.1) is 0 Å². The molecule has 1 unspecified atom stereocenters. The molecule has 0 aliphatic heterocycles. The van der Waals surface area contributed by atoms with Gasteiger partial charge in [-0.1, -0.05) is 26.8 Å². The number of fused-ring (bicyclic) bond motifs is 5. The summed E-state index contributed by atoms with van der Waals surface area (Å²) in [6, 6.07) is 6.55. The van der Waals surface area contributed by atoms with Crippen molar-refractivity contribution in [1.82, 2.24) is 14.9 Å². The van der Waals surface area contributed by atoms with Crippen molar-refractivity contribution in [2.75, 3.05) is 0 Å². The molecule has 1 aliphatic rings. The van der Waals surface area contributed by atoms with E-state index in [4.69, 9.17) is 0 Å². The van der Waals surface area contributed by atoms with E-state index in [1.165, 1.54) is 5.69 Å². The first-order valence-corrected chi connectivity index (χ1v) is 10.3. The number of hydrogen-bond acceptors (Lipinski definition) is 4. The van der Waals surface area contributed by atoms with Crippen LogP contribution in [0.1, 0.15) is 60.3 Å². The second kappa shape index (κ2) is 7.32. The number of H-pyrrole nitrogens is 1. The molecule has 158 valence electrons. The van der Waals surface area contributed by atoms with Crippen LogP contribution in [0.15, 0.2) is 23.0 Å². The van der Waals surface area contributed by atoms with Gasteiger partial charge in [0.1, 0.15) is 5.75 Å². The second-order valence-corrected chi connectivity index (χ2v) is 8.47. The summed E-state index contributed by atoms with van der Waals surface area (Å²) in [7, 11) is 2.05. The van der Waals surface area contributed by atoms with Crippen molar-refractivity contribution >= 4 is 16.9 Å². The first kappa shape index (κ1) is 20.2. The molecule has 7 nitrogen and oxygen atoms in total. The van der Waals surface area contributed by atoms with Gasteiger partial charge in [-0.2, -0.15) is 0 Å². The van der Waals surface area contributed by atoms with E-state index in [1.807, 2.05) is 26.1 Å². The van der Waals surface area contributed by atoms with Gasteiger partial charge in [0.15, 0.2) is 5.56 Å².